The lowest BCUT2D eigenvalue weighted by atomic mass is 10.0. The summed E-state index contributed by atoms with van der Waals surface area (Å²) in [5, 5.41) is 11.3. The van der Waals surface area contributed by atoms with Crippen LogP contribution in [0.25, 0.3) is 0 Å². The molecule has 0 spiro atoms. The first-order chi connectivity index (χ1) is 8.26. The van der Waals surface area contributed by atoms with E-state index in [1.807, 2.05) is 6.92 Å². The maximum absolute atomic E-state index is 11.4. The van der Waals surface area contributed by atoms with Gasteiger partial charge in [0, 0.05) is 0 Å². The van der Waals surface area contributed by atoms with E-state index in [-0.39, 0.29) is 18.2 Å². The zero-order valence-corrected chi connectivity index (χ0v) is 10.3. The molecule has 0 aromatic rings. The molecule has 96 valence electrons. The Kier molecular flexibility index (Phi) is 6.41. The van der Waals surface area contributed by atoms with Crippen molar-refractivity contribution in [2.45, 2.75) is 51.2 Å². The maximum Gasteiger partial charge on any atom is 0.407 e. The second kappa shape index (κ2) is 7.91. The molecule has 2 unspecified atom stereocenters. The van der Waals surface area contributed by atoms with E-state index < -0.39 is 0 Å². The fourth-order valence-corrected chi connectivity index (χ4v) is 1.70. The molecule has 1 fully saturated rings. The number of nitrogens with one attached hydrogen (secondary N) is 1. The summed E-state index contributed by atoms with van der Waals surface area (Å²) in [4.78, 5) is 11.4. The van der Waals surface area contributed by atoms with Gasteiger partial charge >= 0.3 is 6.09 Å². The van der Waals surface area contributed by atoms with Gasteiger partial charge in [0.15, 0.2) is 0 Å². The molecular weight excluding hydrogens is 220 g/mol. The Bertz CT molecular complexity index is 267. The molecule has 0 aromatic carbocycles. The lowest BCUT2D eigenvalue weighted by Gasteiger charge is -2.28. The Morgan fingerprint density at radius 3 is 3.00 bits per heavy atom. The van der Waals surface area contributed by atoms with E-state index in [9.17, 15) is 4.79 Å². The first-order valence-electron chi connectivity index (χ1n) is 6.18. The summed E-state index contributed by atoms with van der Waals surface area (Å²) >= 11 is 0. The summed E-state index contributed by atoms with van der Waals surface area (Å²) < 4.78 is 10.5. The number of rotatable bonds is 5. The minimum Gasteiger partial charge on any atom is -0.450 e. The molecule has 0 aliphatic carbocycles. The summed E-state index contributed by atoms with van der Waals surface area (Å²) in [5.41, 5.74) is 0. The van der Waals surface area contributed by atoms with Gasteiger partial charge in [0.05, 0.1) is 37.8 Å². The molecule has 0 saturated carbocycles. The average molecular weight is 240 g/mol. The van der Waals surface area contributed by atoms with E-state index in [4.69, 9.17) is 14.7 Å². The summed E-state index contributed by atoms with van der Waals surface area (Å²) in [7, 11) is 0. The average Bonchev–Trinajstić information content (AvgIpc) is 2.32. The van der Waals surface area contributed by atoms with E-state index in [0.717, 1.165) is 25.7 Å². The highest BCUT2D eigenvalue weighted by Crippen LogP contribution is 2.15. The third kappa shape index (κ3) is 5.55. The number of nitrogens with zero attached hydrogens (tertiary/aromatic N) is 1. The highest BCUT2D eigenvalue weighted by atomic mass is 16.5. The molecule has 1 heterocycles. The standard InChI is InChI=1S/C12H20N2O3/c1-2-3-8-16-12(15)14-10-4-5-11(6-7-13)17-9-10/h10-11H,2-6,8-9H2,1H3,(H,14,15). The number of carbonyl (C=O) groups is 1. The van der Waals surface area contributed by atoms with Gasteiger partial charge in [-0.1, -0.05) is 13.3 Å². The number of hydrogen-bond acceptors (Lipinski definition) is 4. The number of alkyl carbamates (subject to hydrolysis) is 1. The second-order valence-electron chi connectivity index (χ2n) is 4.23. The zero-order chi connectivity index (χ0) is 12.5. The van der Waals surface area contributed by atoms with Crippen LogP contribution in [-0.4, -0.2) is 31.5 Å². The highest BCUT2D eigenvalue weighted by molar-refractivity contribution is 5.67. The number of nitriles is 1. The summed E-state index contributed by atoms with van der Waals surface area (Å²) in [6, 6.07) is 2.10. The van der Waals surface area contributed by atoms with Gasteiger partial charge in [-0.3, -0.25) is 0 Å². The Morgan fingerprint density at radius 2 is 2.41 bits per heavy atom. The molecule has 0 radical (unpaired) electrons. The molecule has 17 heavy (non-hydrogen) atoms. The number of amides is 1. The smallest absolute Gasteiger partial charge is 0.407 e. The van der Waals surface area contributed by atoms with Crippen molar-refractivity contribution in [1.29, 1.82) is 5.26 Å². The highest BCUT2D eigenvalue weighted by Gasteiger charge is 2.22. The van der Waals surface area contributed by atoms with Gasteiger partial charge in [-0.2, -0.15) is 5.26 Å². The summed E-state index contributed by atoms with van der Waals surface area (Å²) in [5.74, 6) is 0. The van der Waals surface area contributed by atoms with E-state index in [0.29, 0.717) is 19.6 Å². The molecule has 1 amide bonds. The van der Waals surface area contributed by atoms with Gasteiger partial charge < -0.3 is 14.8 Å². The van der Waals surface area contributed by atoms with E-state index >= 15 is 0 Å². The van der Waals surface area contributed by atoms with Crippen LogP contribution in [0.5, 0.6) is 0 Å². The van der Waals surface area contributed by atoms with Crippen molar-refractivity contribution >= 4 is 6.09 Å². The molecule has 1 aliphatic heterocycles. The predicted octanol–water partition coefficient (Wildman–Crippen LogP) is 1.97. The van der Waals surface area contributed by atoms with Crippen LogP contribution in [0, 0.1) is 11.3 Å². The number of hydrogen-bond donors (Lipinski definition) is 1. The van der Waals surface area contributed by atoms with Crippen LogP contribution in [0.2, 0.25) is 0 Å². The largest absolute Gasteiger partial charge is 0.450 e. The van der Waals surface area contributed by atoms with Crippen LogP contribution in [-0.2, 0) is 9.47 Å². The van der Waals surface area contributed by atoms with Crippen LogP contribution >= 0.6 is 0 Å². The van der Waals surface area contributed by atoms with Crippen molar-refractivity contribution in [1.82, 2.24) is 5.32 Å². The minimum atomic E-state index is -0.370. The summed E-state index contributed by atoms with van der Waals surface area (Å²) in [6.45, 7) is 2.98. The first-order valence-corrected chi connectivity index (χ1v) is 6.18. The van der Waals surface area contributed by atoms with Gasteiger partial charge in [0.1, 0.15) is 0 Å². The zero-order valence-electron chi connectivity index (χ0n) is 10.3. The molecular formula is C12H20N2O3. The Labute approximate surface area is 102 Å². The van der Waals surface area contributed by atoms with E-state index in [1.54, 1.807) is 0 Å². The monoisotopic (exact) mass is 240 g/mol. The van der Waals surface area contributed by atoms with Crippen molar-refractivity contribution < 1.29 is 14.3 Å². The Balaban J connectivity index is 2.13. The van der Waals surface area contributed by atoms with Gasteiger partial charge in [-0.25, -0.2) is 4.79 Å². The fraction of sp³-hybridized carbons (Fsp3) is 0.833. The van der Waals surface area contributed by atoms with Gasteiger partial charge in [0.25, 0.3) is 0 Å². The van der Waals surface area contributed by atoms with Crippen LogP contribution in [0.3, 0.4) is 0 Å². The molecule has 1 N–H and O–H groups in total. The molecule has 0 bridgehead atoms. The van der Waals surface area contributed by atoms with Crippen molar-refractivity contribution in [2.75, 3.05) is 13.2 Å². The maximum atomic E-state index is 11.4. The minimum absolute atomic E-state index is 0.0130. The molecule has 0 aromatic heterocycles. The third-order valence-electron chi connectivity index (χ3n) is 2.74. The lowest BCUT2D eigenvalue weighted by Crippen LogP contribution is -2.43. The quantitative estimate of drug-likeness (QED) is 0.746. The summed E-state index contributed by atoms with van der Waals surface area (Å²) in [6.07, 6.45) is 3.63. The third-order valence-corrected chi connectivity index (χ3v) is 2.74. The van der Waals surface area contributed by atoms with Gasteiger partial charge in [-0.05, 0) is 19.3 Å². The molecule has 2 atom stereocenters. The van der Waals surface area contributed by atoms with Crippen LogP contribution in [0.4, 0.5) is 4.79 Å². The number of unbranched alkanes of at least 4 members (excludes halogenated alkanes) is 1. The molecule has 1 aliphatic rings. The van der Waals surface area contributed by atoms with Gasteiger partial charge in [0.2, 0.25) is 0 Å². The van der Waals surface area contributed by atoms with Crippen molar-refractivity contribution in [3.05, 3.63) is 0 Å². The molecule has 5 nitrogen and oxygen atoms in total. The van der Waals surface area contributed by atoms with Gasteiger partial charge in [-0.15, -0.1) is 0 Å². The van der Waals surface area contributed by atoms with Crippen LogP contribution in [0.1, 0.15) is 39.0 Å². The van der Waals surface area contributed by atoms with Crippen LogP contribution < -0.4 is 5.32 Å². The number of ether oxygens (including phenoxy) is 2. The fourth-order valence-electron chi connectivity index (χ4n) is 1.70. The Hall–Kier alpha value is -1.28. The van der Waals surface area contributed by atoms with Crippen molar-refractivity contribution in [2.24, 2.45) is 0 Å². The molecule has 1 saturated heterocycles. The molecule has 1 rings (SSSR count). The lowest BCUT2D eigenvalue weighted by molar-refractivity contribution is 0.0000801. The van der Waals surface area contributed by atoms with Crippen LogP contribution in [0.15, 0.2) is 0 Å². The van der Waals surface area contributed by atoms with Crippen molar-refractivity contribution in [3.63, 3.8) is 0 Å². The van der Waals surface area contributed by atoms with E-state index in [2.05, 4.69) is 11.4 Å². The SMILES string of the molecule is CCCCOC(=O)NC1CCC(CC#N)OC1. The van der Waals surface area contributed by atoms with Crippen molar-refractivity contribution in [3.8, 4) is 6.07 Å². The second-order valence-corrected chi connectivity index (χ2v) is 4.23. The topological polar surface area (TPSA) is 71.3 Å². The van der Waals surface area contributed by atoms with E-state index in [1.165, 1.54) is 0 Å². The first kappa shape index (κ1) is 13.8. The number of carbonyl (C=O) groups excluding carboxylic acids is 1. The normalized spacial score (nSPS) is 23.8. The molecule has 5 heteroatoms. The Morgan fingerprint density at radius 1 is 1.59 bits per heavy atom. The predicted molar refractivity (Wildman–Crippen MR) is 62.4 cm³/mol.